The predicted molar refractivity (Wildman–Crippen MR) is 122 cm³/mol. The molecule has 9 heteroatoms. The number of imide groups is 1. The van der Waals surface area contributed by atoms with Crippen molar-refractivity contribution in [2.75, 3.05) is 31.4 Å². The third-order valence-corrected chi connectivity index (χ3v) is 4.83. The lowest BCUT2D eigenvalue weighted by Crippen LogP contribution is -2.52. The molecule has 3 aliphatic rings. The van der Waals surface area contributed by atoms with Crippen LogP contribution in [0.1, 0.15) is 67.3 Å². The number of morpholine rings is 1. The van der Waals surface area contributed by atoms with Crippen LogP contribution in [0.4, 0.5) is 10.1 Å². The van der Waals surface area contributed by atoms with Gasteiger partial charge in [0.15, 0.2) is 0 Å². The minimum atomic E-state index is -4.22. The first kappa shape index (κ1) is 9.05. The zero-order valence-electron chi connectivity index (χ0n) is 36.9. The molecule has 178 valence electrons. The van der Waals surface area contributed by atoms with Gasteiger partial charge in [-0.3, -0.25) is 24.6 Å². The molecule has 0 radical (unpaired) electrons. The Bertz CT molecular complexity index is 2000. The molecule has 0 saturated carbocycles. The fourth-order valence-electron chi connectivity index (χ4n) is 3.25. The maximum Gasteiger partial charge on any atom is 0.255 e. The highest BCUT2D eigenvalue weighted by Gasteiger charge is 2.39. The Hall–Kier alpha value is -3.30. The molecule has 3 amide bonds. The molecule has 2 fully saturated rings. The van der Waals surface area contributed by atoms with E-state index in [4.69, 9.17) is 27.4 Å². The van der Waals surface area contributed by atoms with Gasteiger partial charge < -0.3 is 15.0 Å². The van der Waals surface area contributed by atoms with Crippen LogP contribution < -0.4 is 10.6 Å². The Labute approximate surface area is 225 Å². The number of anilines is 1. The Morgan fingerprint density at radius 1 is 1.18 bits per heavy atom. The van der Waals surface area contributed by atoms with E-state index in [1.807, 2.05) is 10.6 Å². The van der Waals surface area contributed by atoms with Crippen LogP contribution in [0.25, 0.3) is 0 Å². The second-order valence-electron chi connectivity index (χ2n) is 6.92. The van der Waals surface area contributed by atoms with E-state index in [1.165, 1.54) is 0 Å². The van der Waals surface area contributed by atoms with E-state index in [0.717, 1.165) is 0 Å². The van der Waals surface area contributed by atoms with Crippen LogP contribution in [-0.2, 0) is 33.8 Å². The second kappa shape index (κ2) is 9.52. The van der Waals surface area contributed by atoms with Crippen molar-refractivity contribution in [2.45, 2.75) is 38.4 Å². The normalized spacial score (nSPS) is 37.7. The van der Waals surface area contributed by atoms with Crippen molar-refractivity contribution in [1.29, 1.82) is 0 Å². The summed E-state index contributed by atoms with van der Waals surface area (Å²) in [6.45, 7) is -27.1. The van der Waals surface area contributed by atoms with Gasteiger partial charge in [0.2, 0.25) is 11.8 Å². The molecule has 1 unspecified atom stereocenters. The number of hydrogen-bond acceptors (Lipinski definition) is 6. The highest BCUT2D eigenvalue weighted by molar-refractivity contribution is 6.06. The van der Waals surface area contributed by atoms with Crippen molar-refractivity contribution in [3.05, 3.63) is 64.3 Å². The zero-order valence-corrected chi connectivity index (χ0v) is 16.9. The number of nitrogens with zero attached hydrogens (tertiary/aromatic N) is 2. The average molecular weight is 487 g/mol. The van der Waals surface area contributed by atoms with E-state index in [1.54, 1.807) is 0 Å². The van der Waals surface area contributed by atoms with Gasteiger partial charge in [-0.15, -0.1) is 0 Å². The van der Waals surface area contributed by atoms with Crippen LogP contribution in [0.5, 0.6) is 0 Å². The van der Waals surface area contributed by atoms with Crippen LogP contribution in [-0.4, -0.2) is 59.7 Å². The van der Waals surface area contributed by atoms with Crippen molar-refractivity contribution < 1.29 is 50.9 Å². The number of benzene rings is 2. The molecule has 3 heterocycles. The summed E-state index contributed by atoms with van der Waals surface area (Å²) in [7, 11) is 0. The van der Waals surface area contributed by atoms with Crippen molar-refractivity contribution in [2.24, 2.45) is 0 Å². The maximum atomic E-state index is 16.8. The zero-order chi connectivity index (χ0) is 41.4. The molecule has 8 nitrogen and oxygen atoms in total. The van der Waals surface area contributed by atoms with E-state index >= 15 is 4.39 Å². The van der Waals surface area contributed by atoms with Gasteiger partial charge in [-0.2, -0.15) is 0 Å². The van der Waals surface area contributed by atoms with Crippen molar-refractivity contribution in [3.8, 4) is 0 Å². The number of nitrogens with one attached hydrogen (secondary N) is 2. The van der Waals surface area contributed by atoms with Gasteiger partial charge in [-0.05, 0) is 18.5 Å². The van der Waals surface area contributed by atoms with Gasteiger partial charge in [-0.1, -0.05) is 24.2 Å². The number of piperidine rings is 1. The molecule has 0 aliphatic carbocycles. The molecule has 1 atom stereocenters. The van der Waals surface area contributed by atoms with Crippen LogP contribution in [0.2, 0.25) is 0 Å². The van der Waals surface area contributed by atoms with Gasteiger partial charge in [0.25, 0.3) is 5.91 Å². The van der Waals surface area contributed by atoms with E-state index in [9.17, 15) is 14.4 Å². The number of carbonyl (C=O) groups is 3. The lowest BCUT2D eigenvalue weighted by molar-refractivity contribution is -0.136. The lowest BCUT2D eigenvalue weighted by Gasteiger charge is -2.29. The molecule has 0 aromatic heterocycles. The molecule has 2 aromatic rings. The van der Waals surface area contributed by atoms with Crippen molar-refractivity contribution in [1.82, 2.24) is 15.1 Å². The molecule has 2 aromatic carbocycles. The SMILES string of the molecule is [2H]c1c([2H])c(NC([2H])([2H])c2c([2H])c([2H])c([2H])c(C([2H])([2H])N3C([2H])([2H])C([2H])([2H])OC([2H])([2H])C3([2H])[2H])c2F)c2c(c1[2H])C(=O)N(C1CCC(=O)NC1=O)C2([2H])[2H]. The molecular formula is C25H27FN4O4. The van der Waals surface area contributed by atoms with Crippen LogP contribution in [0.3, 0.4) is 0 Å². The van der Waals surface area contributed by atoms with Crippen LogP contribution in [0, 0.1) is 5.82 Å². The molecule has 0 spiro atoms. The summed E-state index contributed by atoms with van der Waals surface area (Å²) in [5, 5.41) is 3.80. The van der Waals surface area contributed by atoms with E-state index < -0.39 is 151 Å². The average Bonchev–Trinajstić information content (AvgIpc) is 3.19. The molecule has 5 rings (SSSR count). The first-order valence-electron chi connectivity index (χ1n) is 19.6. The quantitative estimate of drug-likeness (QED) is 0.608. The van der Waals surface area contributed by atoms with E-state index in [2.05, 4.69) is 4.74 Å². The lowest BCUT2D eigenvalue weighted by atomic mass is 10.0. The molecule has 3 aliphatic heterocycles. The van der Waals surface area contributed by atoms with Crippen LogP contribution in [0.15, 0.2) is 36.3 Å². The number of halogens is 1. The topological polar surface area (TPSA) is 91.0 Å². The third kappa shape index (κ3) is 4.41. The second-order valence-corrected chi connectivity index (χ2v) is 6.92. The fourth-order valence-corrected chi connectivity index (χ4v) is 3.25. The first-order chi connectivity index (χ1) is 24.2. The van der Waals surface area contributed by atoms with Gasteiger partial charge in [-0.25, -0.2) is 4.39 Å². The Morgan fingerprint density at radius 2 is 1.94 bits per heavy atom. The summed E-state index contributed by atoms with van der Waals surface area (Å²) in [5.74, 6) is -5.57. The minimum absolute atomic E-state index is 0.304. The molecule has 2 N–H and O–H groups in total. The number of hydrogen-bond donors (Lipinski definition) is 2. The maximum absolute atomic E-state index is 16.8. The standard InChI is InChI=1S/C25H27FN4O4/c26-23-16(3-1-4-17(23)14-29-9-11-34-12-10-29)13-27-20-6-2-5-18-19(20)15-30(25(18)33)21-7-8-22(31)28-24(21)32/h1-6,21,27H,7-15H2,(H,28,31,32)/i1D,2D,3D,4D,5D,6D,9D2,10D2,11D2,12D2,13D2,14D2,15D2. The Kier molecular flexibility index (Phi) is 2.53. The van der Waals surface area contributed by atoms with Crippen LogP contribution >= 0.6 is 0 Å². The summed E-state index contributed by atoms with van der Waals surface area (Å²) >= 11 is 0. The summed E-state index contributed by atoms with van der Waals surface area (Å²) in [4.78, 5) is 37.6. The highest BCUT2D eigenvalue weighted by atomic mass is 19.1. The smallest absolute Gasteiger partial charge is 0.255 e. The summed E-state index contributed by atoms with van der Waals surface area (Å²) in [6.07, 6.45) is -0.763. The van der Waals surface area contributed by atoms with Gasteiger partial charge in [0.1, 0.15) is 11.9 Å². The highest BCUT2D eigenvalue weighted by Crippen LogP contribution is 2.32. The Morgan fingerprint density at radius 3 is 2.74 bits per heavy atom. The first-order valence-corrected chi connectivity index (χ1v) is 9.64. The van der Waals surface area contributed by atoms with Crippen molar-refractivity contribution >= 4 is 23.4 Å². The molecule has 2 saturated heterocycles. The monoisotopic (exact) mass is 486 g/mol. The minimum Gasteiger partial charge on any atom is -0.381 e. The third-order valence-electron chi connectivity index (χ3n) is 4.83. The number of amides is 3. The molecule has 34 heavy (non-hydrogen) atoms. The van der Waals surface area contributed by atoms with Gasteiger partial charge in [0.05, 0.1) is 32.3 Å². The molecular weight excluding hydrogens is 439 g/mol. The number of ether oxygens (including phenoxy) is 1. The number of rotatable bonds is 6. The summed E-state index contributed by atoms with van der Waals surface area (Å²) in [6, 6.07) is -9.65. The van der Waals surface area contributed by atoms with E-state index in [-0.39, 0.29) is 6.42 Å². The van der Waals surface area contributed by atoms with Gasteiger partial charge in [0, 0.05) is 75.1 Å². The largest absolute Gasteiger partial charge is 0.381 e. The van der Waals surface area contributed by atoms with Crippen molar-refractivity contribution in [3.63, 3.8) is 0 Å². The number of fused-ring (bicyclic) bond motifs is 1. The summed E-state index contributed by atoms with van der Waals surface area (Å²) in [5.41, 5.74) is -6.70. The number of carbonyl (C=O) groups excluding carboxylic acids is 3. The van der Waals surface area contributed by atoms with Gasteiger partial charge >= 0.3 is 0 Å². The molecule has 0 bridgehead atoms. The Balaban J connectivity index is 1.73. The summed E-state index contributed by atoms with van der Waals surface area (Å²) < 4.78 is 188. The fraction of sp³-hybridized carbons (Fsp3) is 0.400. The van der Waals surface area contributed by atoms with E-state index in [0.29, 0.717) is 4.90 Å². The predicted octanol–water partition coefficient (Wildman–Crippen LogP) is 2.03.